The van der Waals surface area contributed by atoms with Crippen molar-refractivity contribution < 1.29 is 0 Å². The van der Waals surface area contributed by atoms with Gasteiger partial charge in [0.15, 0.2) is 0 Å². The number of thiophene rings is 4. The molecule has 4 aromatic heterocycles. The summed E-state index contributed by atoms with van der Waals surface area (Å²) in [5.41, 5.74) is 7.07. The maximum absolute atomic E-state index is 3.93. The predicted octanol–water partition coefficient (Wildman–Crippen LogP) is 14.9. The third-order valence-electron chi connectivity index (χ3n) is 10.7. The molecule has 44 heavy (non-hydrogen) atoms. The Kier molecular flexibility index (Phi) is 10.5. The summed E-state index contributed by atoms with van der Waals surface area (Å²) in [5, 5.41) is 2.79. The van der Waals surface area contributed by atoms with Crippen LogP contribution < -0.4 is 9.00 Å². The molecule has 0 aliphatic rings. The molecule has 0 saturated carbocycles. The Labute approximate surface area is 301 Å². The van der Waals surface area contributed by atoms with Crippen molar-refractivity contribution in [2.45, 2.75) is 116 Å². The topological polar surface area (TPSA) is 0 Å². The highest BCUT2D eigenvalue weighted by atomic mass is 79.9. The molecule has 0 N–H and O–H groups in total. The van der Waals surface area contributed by atoms with Crippen LogP contribution in [0.15, 0.2) is 44.0 Å². The van der Waals surface area contributed by atoms with E-state index in [-0.39, 0.29) is 0 Å². The van der Waals surface area contributed by atoms with Crippen molar-refractivity contribution in [1.29, 1.82) is 0 Å². The Bertz CT molecular complexity index is 1550. The summed E-state index contributed by atoms with van der Waals surface area (Å²) in [4.78, 5) is 2.86. The van der Waals surface area contributed by atoms with Gasteiger partial charge in [-0.15, -0.1) is 45.3 Å². The van der Waals surface area contributed by atoms with Crippen LogP contribution in [0, 0.1) is 0 Å². The van der Waals surface area contributed by atoms with E-state index in [2.05, 4.69) is 174 Å². The number of benzene rings is 1. The molecule has 0 aliphatic heterocycles. The monoisotopic (exact) mass is 822 g/mol. The van der Waals surface area contributed by atoms with Gasteiger partial charge in [-0.1, -0.05) is 95.2 Å². The van der Waals surface area contributed by atoms with Gasteiger partial charge in [0.05, 0.1) is 7.57 Å². The Hall–Kier alpha value is -0.0662. The van der Waals surface area contributed by atoms with Gasteiger partial charge in [-0.25, -0.2) is 0 Å². The highest BCUT2D eigenvalue weighted by Gasteiger charge is 2.47. The Balaban J connectivity index is 1.79. The summed E-state index contributed by atoms with van der Waals surface area (Å²) < 4.78 is 8.60. The minimum atomic E-state index is -1.74. The molecule has 5 rings (SSSR count). The molecule has 8 heteroatoms. The van der Waals surface area contributed by atoms with Crippen molar-refractivity contribution in [3.05, 3.63) is 44.0 Å². The molecule has 0 saturated heterocycles. The fraction of sp³-hybridized carbons (Fsp3) is 0.500. The second-order valence-electron chi connectivity index (χ2n) is 14.5. The van der Waals surface area contributed by atoms with Crippen molar-refractivity contribution in [2.75, 3.05) is 0 Å². The zero-order chi connectivity index (χ0) is 32.5. The summed E-state index contributed by atoms with van der Waals surface area (Å²) in [6.07, 6.45) is 0. The minimum Gasteiger partial charge on any atom is -0.145 e. The highest BCUT2D eigenvalue weighted by Crippen LogP contribution is 2.53. The first kappa shape index (κ1) is 35.2. The standard InChI is InChI=1S/C36H48Br2S4Si2/c1-19(2)43(20(3)4,21(5)6)31-15-13-27(39-31)33-25-17-29(37)42-36(25)34(26-18-30(38)41-35(26)33)28-14-16-32(40-28)44(22(7)8,23(9)10)24(11)12/h13-24H,1-12H3. The Morgan fingerprint density at radius 1 is 0.455 bits per heavy atom. The van der Waals surface area contributed by atoms with E-state index in [1.165, 1.54) is 48.6 Å². The second-order valence-corrected chi connectivity index (χ2v) is 34.0. The smallest absolute Gasteiger partial charge is 0.107 e. The summed E-state index contributed by atoms with van der Waals surface area (Å²) in [7, 11) is -3.47. The summed E-state index contributed by atoms with van der Waals surface area (Å²) in [6.45, 7) is 29.8. The van der Waals surface area contributed by atoms with Crippen LogP contribution in [0.5, 0.6) is 0 Å². The van der Waals surface area contributed by atoms with Gasteiger partial charge in [0.25, 0.3) is 0 Å². The van der Waals surface area contributed by atoms with Crippen LogP contribution in [0.2, 0.25) is 33.2 Å². The van der Waals surface area contributed by atoms with Gasteiger partial charge >= 0.3 is 0 Å². The second kappa shape index (κ2) is 13.1. The van der Waals surface area contributed by atoms with Crippen molar-refractivity contribution in [2.24, 2.45) is 0 Å². The molecule has 4 heterocycles. The largest absolute Gasteiger partial charge is 0.145 e. The summed E-state index contributed by atoms with van der Waals surface area (Å²) in [5.74, 6) is 0. The van der Waals surface area contributed by atoms with Gasteiger partial charge in [-0.2, -0.15) is 0 Å². The molecular weight excluding hydrogens is 777 g/mol. The predicted molar refractivity (Wildman–Crippen MR) is 221 cm³/mol. The van der Waals surface area contributed by atoms with Crippen LogP contribution in [-0.4, -0.2) is 16.1 Å². The molecule has 0 atom stereocenters. The van der Waals surface area contributed by atoms with E-state index in [0.717, 1.165) is 0 Å². The minimum absolute atomic E-state index is 0.703. The lowest BCUT2D eigenvalue weighted by molar-refractivity contribution is 0.837. The molecule has 0 amide bonds. The van der Waals surface area contributed by atoms with E-state index in [9.17, 15) is 0 Å². The van der Waals surface area contributed by atoms with Crippen LogP contribution in [-0.2, 0) is 0 Å². The van der Waals surface area contributed by atoms with Crippen LogP contribution >= 0.6 is 77.2 Å². The Morgan fingerprint density at radius 2 is 0.750 bits per heavy atom. The first-order valence-electron chi connectivity index (χ1n) is 16.1. The van der Waals surface area contributed by atoms with E-state index in [1.54, 1.807) is 9.00 Å². The molecule has 1 aromatic carbocycles. The first-order valence-corrected chi connectivity index (χ1v) is 25.5. The van der Waals surface area contributed by atoms with Gasteiger partial charge in [0.2, 0.25) is 0 Å². The molecule has 0 bridgehead atoms. The van der Waals surface area contributed by atoms with E-state index in [1.807, 2.05) is 22.7 Å². The highest BCUT2D eigenvalue weighted by molar-refractivity contribution is 9.11. The number of hydrogen-bond acceptors (Lipinski definition) is 4. The normalized spacial score (nSPS) is 13.5. The number of halogens is 2. The lowest BCUT2D eigenvalue weighted by atomic mass is 10.0. The van der Waals surface area contributed by atoms with Crippen molar-refractivity contribution in [3.63, 3.8) is 0 Å². The molecule has 0 fully saturated rings. The lowest BCUT2D eigenvalue weighted by Gasteiger charge is -2.42. The van der Waals surface area contributed by atoms with E-state index < -0.39 is 16.1 Å². The van der Waals surface area contributed by atoms with Gasteiger partial charge < -0.3 is 0 Å². The summed E-state index contributed by atoms with van der Waals surface area (Å²) >= 11 is 15.9. The fourth-order valence-electron chi connectivity index (χ4n) is 9.32. The van der Waals surface area contributed by atoms with Crippen molar-refractivity contribution in [3.8, 4) is 20.9 Å². The maximum atomic E-state index is 3.93. The van der Waals surface area contributed by atoms with Crippen LogP contribution in [0.25, 0.3) is 41.1 Å². The average molecular weight is 825 g/mol. The van der Waals surface area contributed by atoms with Gasteiger partial charge in [0, 0.05) is 41.1 Å². The molecular formula is C36H48Br2S4Si2. The van der Waals surface area contributed by atoms with Crippen molar-refractivity contribution in [1.82, 2.24) is 0 Å². The molecule has 0 nitrogen and oxygen atoms in total. The zero-order valence-corrected chi connectivity index (χ0v) is 36.8. The quantitative estimate of drug-likeness (QED) is 0.123. The number of fused-ring (bicyclic) bond motifs is 2. The Morgan fingerprint density at radius 3 is 1.02 bits per heavy atom. The third kappa shape index (κ3) is 5.41. The molecule has 0 aliphatic carbocycles. The fourth-order valence-corrected chi connectivity index (χ4v) is 32.9. The van der Waals surface area contributed by atoms with Gasteiger partial charge in [0.1, 0.15) is 16.1 Å². The van der Waals surface area contributed by atoms with Crippen molar-refractivity contribution >= 4 is 123 Å². The third-order valence-corrected chi connectivity index (χ3v) is 32.1. The zero-order valence-electron chi connectivity index (χ0n) is 28.3. The first-order chi connectivity index (χ1) is 20.6. The van der Waals surface area contributed by atoms with Crippen LogP contribution in [0.4, 0.5) is 0 Å². The average Bonchev–Trinajstić information content (AvgIpc) is 3.69. The van der Waals surface area contributed by atoms with Crippen LogP contribution in [0.3, 0.4) is 0 Å². The van der Waals surface area contributed by atoms with E-state index in [0.29, 0.717) is 33.2 Å². The molecule has 5 aromatic rings. The number of rotatable bonds is 10. The van der Waals surface area contributed by atoms with Crippen LogP contribution in [0.1, 0.15) is 83.1 Å². The molecule has 0 spiro atoms. The van der Waals surface area contributed by atoms with E-state index in [4.69, 9.17) is 0 Å². The summed E-state index contributed by atoms with van der Waals surface area (Å²) in [6, 6.07) is 14.7. The van der Waals surface area contributed by atoms with E-state index >= 15 is 0 Å². The lowest BCUT2D eigenvalue weighted by Crippen LogP contribution is -2.54. The van der Waals surface area contributed by atoms with Gasteiger partial charge in [-0.3, -0.25) is 0 Å². The molecule has 238 valence electrons. The number of hydrogen-bond donors (Lipinski definition) is 0. The molecule has 0 unspecified atom stereocenters. The SMILES string of the molecule is CC(C)[Si](c1ccc(-c2c3cc(Br)sc3c(-c3ccc([Si](C(C)C)(C(C)C)C(C)C)s3)c3cc(Br)sc23)s1)(C(C)C)C(C)C. The maximum Gasteiger partial charge on any atom is 0.107 e. The van der Waals surface area contributed by atoms with Gasteiger partial charge in [-0.05, 0) is 98.4 Å². The molecule has 0 radical (unpaired) electrons.